The van der Waals surface area contributed by atoms with Crippen LogP contribution >= 0.6 is 0 Å². The molecule has 0 aromatic carbocycles. The maximum absolute atomic E-state index is 12.5. The van der Waals surface area contributed by atoms with Crippen LogP contribution in [0.25, 0.3) is 0 Å². The summed E-state index contributed by atoms with van der Waals surface area (Å²) in [5.74, 6) is 0. The predicted octanol–water partition coefficient (Wildman–Crippen LogP) is 0.853. The number of halogens is 3. The van der Waals surface area contributed by atoms with Gasteiger partial charge in [-0.05, 0) is 20.3 Å². The van der Waals surface area contributed by atoms with Gasteiger partial charge in [0.1, 0.15) is 0 Å². The molecule has 0 aliphatic carbocycles. The average Bonchev–Trinajstić information content (AvgIpc) is 2.11. The van der Waals surface area contributed by atoms with Gasteiger partial charge in [0.2, 0.25) is 0 Å². The molecule has 1 atom stereocenters. The van der Waals surface area contributed by atoms with Crippen LogP contribution in [-0.2, 0) is 29.5 Å². The van der Waals surface area contributed by atoms with E-state index >= 15 is 0 Å². The predicted molar refractivity (Wildman–Crippen MR) is 66.9 cm³/mol. The highest BCUT2D eigenvalue weighted by molar-refractivity contribution is 8.24. The van der Waals surface area contributed by atoms with E-state index in [0.717, 1.165) is 13.8 Å². The van der Waals surface area contributed by atoms with E-state index in [9.17, 15) is 38.4 Å². The van der Waals surface area contributed by atoms with Gasteiger partial charge < -0.3 is 0 Å². The summed E-state index contributed by atoms with van der Waals surface area (Å²) in [6.45, 7) is 3.22. The van der Waals surface area contributed by atoms with Crippen molar-refractivity contribution in [1.82, 2.24) is 0 Å². The quantitative estimate of drug-likeness (QED) is 0.720. The van der Waals surface area contributed by atoms with Crippen molar-refractivity contribution in [2.45, 2.75) is 41.4 Å². The van der Waals surface area contributed by atoms with E-state index in [2.05, 4.69) is 0 Å². The van der Waals surface area contributed by atoms with Gasteiger partial charge in [0, 0.05) is 6.26 Å². The van der Waals surface area contributed by atoms with Crippen molar-refractivity contribution in [2.75, 3.05) is 6.26 Å². The molecular weight excluding hydrogens is 345 g/mol. The van der Waals surface area contributed by atoms with Gasteiger partial charge in [0.15, 0.2) is 19.7 Å². The third kappa shape index (κ3) is 3.27. The molecule has 20 heavy (non-hydrogen) atoms. The zero-order valence-electron chi connectivity index (χ0n) is 11.1. The third-order valence-corrected chi connectivity index (χ3v) is 12.1. The second kappa shape index (κ2) is 5.13. The van der Waals surface area contributed by atoms with Crippen LogP contribution in [0.5, 0.6) is 0 Å². The minimum Gasteiger partial charge on any atom is -0.227 e. The Morgan fingerprint density at radius 1 is 0.900 bits per heavy atom. The van der Waals surface area contributed by atoms with Gasteiger partial charge in [0.05, 0.1) is 4.75 Å². The standard InChI is InChI=1S/C8H15F3O6S3/c1-5-7(2,3)19(14,15)6(18(4,12)13)20(16,17)8(9,10)11/h6H,5H2,1-4H3. The molecule has 0 amide bonds. The number of alkyl halides is 3. The lowest BCUT2D eigenvalue weighted by atomic mass is 10.1. The van der Waals surface area contributed by atoms with Gasteiger partial charge in [0.25, 0.3) is 13.8 Å². The van der Waals surface area contributed by atoms with Crippen molar-refractivity contribution in [3.63, 3.8) is 0 Å². The first-order chi connectivity index (χ1) is 8.43. The van der Waals surface area contributed by atoms with E-state index < -0.39 is 43.7 Å². The molecule has 1 unspecified atom stereocenters. The van der Waals surface area contributed by atoms with E-state index in [1.165, 1.54) is 6.92 Å². The Morgan fingerprint density at radius 3 is 1.45 bits per heavy atom. The summed E-state index contributed by atoms with van der Waals surface area (Å²) in [5, 5.41) is 0. The fourth-order valence-corrected chi connectivity index (χ4v) is 9.57. The highest BCUT2D eigenvalue weighted by atomic mass is 32.3. The Balaban J connectivity index is 6.62. The van der Waals surface area contributed by atoms with Crippen molar-refractivity contribution in [2.24, 2.45) is 0 Å². The minimum atomic E-state index is -6.42. The summed E-state index contributed by atoms with van der Waals surface area (Å²) in [6, 6.07) is 0. The lowest BCUT2D eigenvalue weighted by Gasteiger charge is -2.28. The van der Waals surface area contributed by atoms with Crippen LogP contribution in [0.4, 0.5) is 13.2 Å². The van der Waals surface area contributed by atoms with Crippen LogP contribution in [-0.4, -0.2) is 45.7 Å². The van der Waals surface area contributed by atoms with Crippen LogP contribution in [0.3, 0.4) is 0 Å². The molecule has 0 fully saturated rings. The second-order valence-electron chi connectivity index (χ2n) is 4.77. The number of hydrogen-bond donors (Lipinski definition) is 0. The molecule has 122 valence electrons. The molecule has 6 nitrogen and oxygen atoms in total. The Kier molecular flexibility index (Phi) is 5.03. The molecule has 0 saturated carbocycles. The van der Waals surface area contributed by atoms with E-state index in [1.807, 2.05) is 0 Å². The molecule has 0 bridgehead atoms. The second-order valence-corrected chi connectivity index (χ2v) is 12.5. The van der Waals surface area contributed by atoms with Gasteiger partial charge in [-0.1, -0.05) is 6.92 Å². The van der Waals surface area contributed by atoms with E-state index in [1.54, 1.807) is 0 Å². The number of rotatable bonds is 5. The summed E-state index contributed by atoms with van der Waals surface area (Å²) < 4.78 is 102. The van der Waals surface area contributed by atoms with Crippen molar-refractivity contribution in [3.8, 4) is 0 Å². The van der Waals surface area contributed by atoms with Crippen LogP contribution in [0, 0.1) is 0 Å². The van der Waals surface area contributed by atoms with Crippen LogP contribution < -0.4 is 0 Å². The van der Waals surface area contributed by atoms with Crippen LogP contribution in [0.15, 0.2) is 0 Å². The molecule has 0 rings (SSSR count). The average molecular weight is 360 g/mol. The van der Waals surface area contributed by atoms with E-state index in [0.29, 0.717) is 0 Å². The molecule has 0 heterocycles. The Hall–Kier alpha value is -0.360. The van der Waals surface area contributed by atoms with Gasteiger partial charge in [-0.15, -0.1) is 0 Å². The summed E-state index contributed by atoms with van der Waals surface area (Å²) in [5.41, 5.74) is -5.99. The third-order valence-electron chi connectivity index (χ3n) is 2.80. The molecule has 0 saturated heterocycles. The number of sulfone groups is 3. The molecule has 0 spiro atoms. The summed E-state index contributed by atoms with van der Waals surface area (Å²) in [6.07, 6.45) is -0.112. The first-order valence-electron chi connectivity index (χ1n) is 5.15. The molecule has 12 heteroatoms. The molecule has 0 aliphatic rings. The lowest BCUT2D eigenvalue weighted by molar-refractivity contribution is -0.0434. The Bertz CT molecular complexity index is 669. The fraction of sp³-hybridized carbons (Fsp3) is 1.00. The molecular formula is C8H15F3O6S3. The van der Waals surface area contributed by atoms with Crippen molar-refractivity contribution >= 4 is 29.5 Å². The molecule has 0 N–H and O–H groups in total. The lowest BCUT2D eigenvalue weighted by Crippen LogP contribution is -2.50. The SMILES string of the molecule is CCC(C)(C)S(=O)(=O)C(S(C)(=O)=O)S(=O)(=O)C(F)(F)F. The minimum absolute atomic E-state index is 0.143. The first kappa shape index (κ1) is 19.6. The van der Waals surface area contributed by atoms with Gasteiger partial charge in [-0.2, -0.15) is 13.2 Å². The Labute approximate surface area is 116 Å². The molecule has 0 aliphatic heterocycles. The summed E-state index contributed by atoms with van der Waals surface area (Å²) >= 11 is 0. The highest BCUT2D eigenvalue weighted by Crippen LogP contribution is 2.37. The Morgan fingerprint density at radius 2 is 1.25 bits per heavy atom. The largest absolute Gasteiger partial charge is 0.499 e. The smallest absolute Gasteiger partial charge is 0.227 e. The monoisotopic (exact) mass is 360 g/mol. The first-order valence-corrected chi connectivity index (χ1v) is 10.2. The highest BCUT2D eigenvalue weighted by Gasteiger charge is 2.62. The van der Waals surface area contributed by atoms with Gasteiger partial charge in [-0.3, -0.25) is 0 Å². The summed E-state index contributed by atoms with van der Waals surface area (Å²) in [7, 11) is -16.6. The van der Waals surface area contributed by atoms with Gasteiger partial charge in [-0.25, -0.2) is 25.3 Å². The zero-order valence-corrected chi connectivity index (χ0v) is 13.5. The molecule has 0 aromatic rings. The van der Waals surface area contributed by atoms with Crippen LogP contribution in [0.1, 0.15) is 27.2 Å². The van der Waals surface area contributed by atoms with E-state index in [-0.39, 0.29) is 12.7 Å². The van der Waals surface area contributed by atoms with Crippen LogP contribution in [0.2, 0.25) is 0 Å². The fourth-order valence-electron chi connectivity index (χ4n) is 1.20. The molecule has 0 aromatic heterocycles. The zero-order chi connectivity index (χ0) is 16.8. The molecule has 0 radical (unpaired) electrons. The topological polar surface area (TPSA) is 102 Å². The van der Waals surface area contributed by atoms with Crippen molar-refractivity contribution in [1.29, 1.82) is 0 Å². The van der Waals surface area contributed by atoms with E-state index in [4.69, 9.17) is 0 Å². The van der Waals surface area contributed by atoms with Gasteiger partial charge >= 0.3 is 5.51 Å². The normalized spacial score (nSPS) is 16.9. The number of hydrogen-bond acceptors (Lipinski definition) is 6. The maximum atomic E-state index is 12.5. The maximum Gasteiger partial charge on any atom is 0.499 e. The van der Waals surface area contributed by atoms with Crippen molar-refractivity contribution in [3.05, 3.63) is 0 Å². The summed E-state index contributed by atoms with van der Waals surface area (Å²) in [4.78, 5) is 0. The van der Waals surface area contributed by atoms with Crippen molar-refractivity contribution < 1.29 is 38.4 Å².